The summed E-state index contributed by atoms with van der Waals surface area (Å²) < 4.78 is 27.8. The summed E-state index contributed by atoms with van der Waals surface area (Å²) in [6.45, 7) is 3.32. The quantitative estimate of drug-likeness (QED) is 0.557. The Morgan fingerprint density at radius 3 is 1.93 bits per heavy atom. The van der Waals surface area contributed by atoms with Crippen LogP contribution in [0.4, 0.5) is 17.1 Å². The fourth-order valence-corrected chi connectivity index (χ4v) is 3.79. The van der Waals surface area contributed by atoms with Crippen LogP contribution in [-0.4, -0.2) is 20.2 Å². The molecule has 0 saturated carbocycles. The van der Waals surface area contributed by atoms with Crippen LogP contribution >= 0.6 is 0 Å². The summed E-state index contributed by atoms with van der Waals surface area (Å²) in [6.07, 6.45) is 0. The highest BCUT2D eigenvalue weighted by Crippen LogP contribution is 2.19. The van der Waals surface area contributed by atoms with E-state index in [9.17, 15) is 18.0 Å². The molecule has 0 fully saturated rings. The first-order valence-corrected chi connectivity index (χ1v) is 10.6. The molecule has 2 amide bonds. The monoisotopic (exact) mass is 423 g/mol. The molecule has 0 atom stereocenters. The van der Waals surface area contributed by atoms with E-state index >= 15 is 0 Å². The first kappa shape index (κ1) is 21.1. The van der Waals surface area contributed by atoms with Crippen molar-refractivity contribution in [1.82, 2.24) is 0 Å². The van der Waals surface area contributed by atoms with E-state index < -0.39 is 15.9 Å². The Kier molecular flexibility index (Phi) is 6.17. The molecule has 3 rings (SSSR count). The van der Waals surface area contributed by atoms with Crippen molar-refractivity contribution in [1.29, 1.82) is 0 Å². The third kappa shape index (κ3) is 5.45. The Balaban J connectivity index is 1.74. The van der Waals surface area contributed by atoms with Crippen molar-refractivity contribution in [2.24, 2.45) is 0 Å². The minimum Gasteiger partial charge on any atom is -0.326 e. The lowest BCUT2D eigenvalue weighted by atomic mass is 10.2. The van der Waals surface area contributed by atoms with E-state index in [4.69, 9.17) is 0 Å². The number of amides is 2. The lowest BCUT2D eigenvalue weighted by molar-refractivity contribution is -0.114. The molecule has 0 bridgehead atoms. The second-order valence-electron chi connectivity index (χ2n) is 6.71. The normalized spacial score (nSPS) is 10.9. The van der Waals surface area contributed by atoms with Gasteiger partial charge in [0.15, 0.2) is 0 Å². The molecule has 0 heterocycles. The summed E-state index contributed by atoms with van der Waals surface area (Å²) in [5.41, 5.74) is 2.78. The van der Waals surface area contributed by atoms with Crippen LogP contribution in [0.15, 0.2) is 77.7 Å². The van der Waals surface area contributed by atoms with Crippen molar-refractivity contribution >= 4 is 38.9 Å². The lowest BCUT2D eigenvalue weighted by Gasteiger charge is -2.10. The van der Waals surface area contributed by atoms with Crippen LogP contribution in [0.3, 0.4) is 0 Å². The third-order valence-corrected chi connectivity index (χ3v) is 5.55. The van der Waals surface area contributed by atoms with Gasteiger partial charge in [0, 0.05) is 29.5 Å². The topological polar surface area (TPSA) is 104 Å². The number of rotatable bonds is 6. The molecule has 30 heavy (non-hydrogen) atoms. The molecule has 154 valence electrons. The fourth-order valence-electron chi connectivity index (χ4n) is 2.68. The maximum atomic E-state index is 12.7. The highest BCUT2D eigenvalue weighted by Gasteiger charge is 2.16. The van der Waals surface area contributed by atoms with Crippen LogP contribution in [-0.2, 0) is 14.8 Å². The molecule has 3 aromatic carbocycles. The summed E-state index contributed by atoms with van der Waals surface area (Å²) in [5, 5.41) is 5.35. The molecule has 0 aromatic heterocycles. The van der Waals surface area contributed by atoms with E-state index in [1.54, 1.807) is 48.5 Å². The Labute approximate surface area is 175 Å². The van der Waals surface area contributed by atoms with Crippen LogP contribution in [0, 0.1) is 6.92 Å². The number of carbonyl (C=O) groups excluding carboxylic acids is 2. The van der Waals surface area contributed by atoms with Crippen molar-refractivity contribution in [3.63, 3.8) is 0 Å². The molecule has 0 unspecified atom stereocenters. The van der Waals surface area contributed by atoms with Crippen LogP contribution in [0.5, 0.6) is 0 Å². The summed E-state index contributed by atoms with van der Waals surface area (Å²) >= 11 is 0. The van der Waals surface area contributed by atoms with E-state index in [0.717, 1.165) is 5.56 Å². The molecule has 0 aliphatic rings. The number of anilines is 3. The number of sulfonamides is 1. The van der Waals surface area contributed by atoms with Crippen LogP contribution < -0.4 is 15.4 Å². The molecular formula is C22H21N3O4S. The summed E-state index contributed by atoms with van der Waals surface area (Å²) in [6, 6.07) is 19.3. The zero-order valence-electron chi connectivity index (χ0n) is 16.5. The molecule has 3 aromatic rings. The average molecular weight is 423 g/mol. The highest BCUT2D eigenvalue weighted by atomic mass is 32.2. The number of benzene rings is 3. The largest absolute Gasteiger partial charge is 0.326 e. The van der Waals surface area contributed by atoms with Crippen LogP contribution in [0.25, 0.3) is 0 Å². The molecular weight excluding hydrogens is 402 g/mol. The predicted octanol–water partition coefficient (Wildman–Crippen LogP) is 4.01. The summed E-state index contributed by atoms with van der Waals surface area (Å²) in [4.78, 5) is 23.6. The number of aryl methyl sites for hydroxylation is 1. The van der Waals surface area contributed by atoms with Gasteiger partial charge in [-0.25, -0.2) is 8.42 Å². The van der Waals surface area contributed by atoms with Crippen molar-refractivity contribution in [2.45, 2.75) is 18.7 Å². The van der Waals surface area contributed by atoms with Gasteiger partial charge in [0.05, 0.1) is 4.90 Å². The first-order chi connectivity index (χ1) is 14.2. The Bertz CT molecular complexity index is 1170. The van der Waals surface area contributed by atoms with E-state index in [0.29, 0.717) is 17.1 Å². The van der Waals surface area contributed by atoms with Crippen molar-refractivity contribution < 1.29 is 18.0 Å². The van der Waals surface area contributed by atoms with Gasteiger partial charge in [-0.05, 0) is 61.5 Å². The number of nitrogens with one attached hydrogen (secondary N) is 3. The zero-order valence-corrected chi connectivity index (χ0v) is 17.3. The Hall–Kier alpha value is -3.65. The number of hydrogen-bond donors (Lipinski definition) is 3. The third-order valence-electron chi connectivity index (χ3n) is 4.17. The minimum atomic E-state index is -3.84. The predicted molar refractivity (Wildman–Crippen MR) is 117 cm³/mol. The second-order valence-corrected chi connectivity index (χ2v) is 8.39. The molecule has 0 radical (unpaired) electrons. The van der Waals surface area contributed by atoms with Crippen molar-refractivity contribution in [2.75, 3.05) is 15.4 Å². The maximum Gasteiger partial charge on any atom is 0.261 e. The van der Waals surface area contributed by atoms with E-state index in [1.165, 1.54) is 31.2 Å². The molecule has 0 aliphatic carbocycles. The van der Waals surface area contributed by atoms with Gasteiger partial charge in [0.2, 0.25) is 5.91 Å². The molecule has 0 saturated heterocycles. The number of carbonyl (C=O) groups is 2. The highest BCUT2D eigenvalue weighted by molar-refractivity contribution is 7.92. The smallest absolute Gasteiger partial charge is 0.261 e. The fraction of sp³-hybridized carbons (Fsp3) is 0.0909. The maximum absolute atomic E-state index is 12.7. The second kappa shape index (κ2) is 8.79. The molecule has 0 spiro atoms. The van der Waals surface area contributed by atoms with Gasteiger partial charge >= 0.3 is 0 Å². The molecule has 3 N–H and O–H groups in total. The van der Waals surface area contributed by atoms with Gasteiger partial charge < -0.3 is 10.6 Å². The molecule has 8 heteroatoms. The van der Waals surface area contributed by atoms with E-state index in [2.05, 4.69) is 15.4 Å². The van der Waals surface area contributed by atoms with Crippen molar-refractivity contribution in [3.05, 3.63) is 83.9 Å². The summed E-state index contributed by atoms with van der Waals surface area (Å²) in [7, 11) is -3.84. The SMILES string of the molecule is CC(=O)Nc1ccc(NC(=O)c2cccc(S(=O)(=O)Nc3ccc(C)cc3)c2)cc1. The van der Waals surface area contributed by atoms with E-state index in [1.807, 2.05) is 6.92 Å². The first-order valence-electron chi connectivity index (χ1n) is 9.11. The Morgan fingerprint density at radius 2 is 1.33 bits per heavy atom. The average Bonchev–Trinajstić information content (AvgIpc) is 2.71. The molecule has 7 nitrogen and oxygen atoms in total. The van der Waals surface area contributed by atoms with Gasteiger partial charge in [0.25, 0.3) is 15.9 Å². The van der Waals surface area contributed by atoms with Gasteiger partial charge in [-0.3, -0.25) is 14.3 Å². The van der Waals surface area contributed by atoms with Gasteiger partial charge in [0.1, 0.15) is 0 Å². The van der Waals surface area contributed by atoms with Gasteiger partial charge in [-0.2, -0.15) is 0 Å². The molecule has 0 aliphatic heterocycles. The van der Waals surface area contributed by atoms with Gasteiger partial charge in [-0.1, -0.05) is 23.8 Å². The van der Waals surface area contributed by atoms with Crippen molar-refractivity contribution in [3.8, 4) is 0 Å². The van der Waals surface area contributed by atoms with E-state index in [-0.39, 0.29) is 16.4 Å². The minimum absolute atomic E-state index is 0.0169. The zero-order chi connectivity index (χ0) is 21.7. The summed E-state index contributed by atoms with van der Waals surface area (Å²) in [5.74, 6) is -0.640. The Morgan fingerprint density at radius 1 is 0.767 bits per heavy atom. The standard InChI is InChI=1S/C22H21N3O4S/c1-15-6-8-20(9-7-15)25-30(28,29)21-5-3-4-17(14-21)22(27)24-19-12-10-18(11-13-19)23-16(2)26/h3-14,25H,1-2H3,(H,23,26)(H,24,27). The van der Waals surface area contributed by atoms with Crippen LogP contribution in [0.1, 0.15) is 22.8 Å². The van der Waals surface area contributed by atoms with Crippen LogP contribution in [0.2, 0.25) is 0 Å². The van der Waals surface area contributed by atoms with Gasteiger partial charge in [-0.15, -0.1) is 0 Å². The number of hydrogen-bond acceptors (Lipinski definition) is 4. The lowest BCUT2D eigenvalue weighted by Crippen LogP contribution is -2.16.